The molecule has 1 saturated heterocycles. The summed E-state index contributed by atoms with van der Waals surface area (Å²) in [5.41, 5.74) is 3.11. The summed E-state index contributed by atoms with van der Waals surface area (Å²) < 4.78 is 31.4. The number of carboxylic acid groups (broad SMARTS) is 1. The van der Waals surface area contributed by atoms with Gasteiger partial charge in [-0.05, 0) is 18.2 Å². The van der Waals surface area contributed by atoms with Crippen molar-refractivity contribution in [2.75, 3.05) is 45.3 Å². The van der Waals surface area contributed by atoms with Crippen LogP contribution in [0.25, 0.3) is 11.3 Å². The van der Waals surface area contributed by atoms with Gasteiger partial charge in [0.25, 0.3) is 5.91 Å². The summed E-state index contributed by atoms with van der Waals surface area (Å²) in [6.07, 6.45) is 2.26. The minimum atomic E-state index is -1.01. The molecule has 2 amide bonds. The molecular formula is C25H26FN5O6. The number of nitrogens with one attached hydrogen (secondary N) is 3. The van der Waals surface area contributed by atoms with Gasteiger partial charge >= 0.3 is 6.09 Å². The predicted molar refractivity (Wildman–Crippen MR) is 131 cm³/mol. The highest BCUT2D eigenvalue weighted by Gasteiger charge is 2.29. The summed E-state index contributed by atoms with van der Waals surface area (Å²) in [7, 11) is 1.37. The summed E-state index contributed by atoms with van der Waals surface area (Å²) in [5.74, 6) is -0.378. The van der Waals surface area contributed by atoms with Crippen molar-refractivity contribution in [2.24, 2.45) is 0 Å². The lowest BCUT2D eigenvalue weighted by Crippen LogP contribution is -2.47. The lowest BCUT2D eigenvalue weighted by molar-refractivity contribution is -0.0411. The Bertz CT molecular complexity index is 1330. The number of carbonyl (C=O) groups excluding carboxylic acids is 1. The van der Waals surface area contributed by atoms with E-state index < -0.39 is 18.0 Å². The van der Waals surface area contributed by atoms with Crippen LogP contribution in [0.1, 0.15) is 16.1 Å². The van der Waals surface area contributed by atoms with Gasteiger partial charge in [-0.1, -0.05) is 6.07 Å². The summed E-state index contributed by atoms with van der Waals surface area (Å²) in [4.78, 5) is 33.0. The van der Waals surface area contributed by atoms with Crippen molar-refractivity contribution in [3.05, 3.63) is 53.7 Å². The molecule has 194 valence electrons. The molecule has 1 fully saturated rings. The first-order valence-electron chi connectivity index (χ1n) is 11.8. The zero-order valence-electron chi connectivity index (χ0n) is 20.0. The van der Waals surface area contributed by atoms with Crippen molar-refractivity contribution < 1.29 is 33.3 Å². The van der Waals surface area contributed by atoms with Crippen LogP contribution in [0.5, 0.6) is 11.5 Å². The number of morpholine rings is 1. The summed E-state index contributed by atoms with van der Waals surface area (Å²) in [6.45, 7) is 1.35. The predicted octanol–water partition coefficient (Wildman–Crippen LogP) is 3.01. The molecule has 0 spiro atoms. The number of fused-ring (bicyclic) bond motifs is 1. The number of halogens is 1. The number of aromatic nitrogens is 2. The van der Waals surface area contributed by atoms with E-state index in [9.17, 15) is 19.1 Å². The number of anilines is 2. The second kappa shape index (κ2) is 10.3. The van der Waals surface area contributed by atoms with Crippen molar-refractivity contribution in [1.82, 2.24) is 20.2 Å². The maximum atomic E-state index is 14.4. The summed E-state index contributed by atoms with van der Waals surface area (Å²) >= 11 is 0. The van der Waals surface area contributed by atoms with Gasteiger partial charge in [-0.3, -0.25) is 9.78 Å². The number of hydrogen-bond acceptors (Lipinski definition) is 7. The molecule has 0 saturated carbocycles. The number of hydrogen-bond donors (Lipinski definition) is 4. The number of H-pyrrole nitrogens is 1. The molecular weight excluding hydrogens is 485 g/mol. The number of rotatable bonds is 7. The third-order valence-electron chi connectivity index (χ3n) is 6.28. The Labute approximate surface area is 211 Å². The van der Waals surface area contributed by atoms with Crippen molar-refractivity contribution in [1.29, 1.82) is 0 Å². The molecule has 1 atom stereocenters. The minimum Gasteiger partial charge on any atom is -0.492 e. The van der Waals surface area contributed by atoms with E-state index in [0.717, 1.165) is 5.69 Å². The van der Waals surface area contributed by atoms with E-state index in [0.29, 0.717) is 53.5 Å². The van der Waals surface area contributed by atoms with E-state index in [1.807, 2.05) is 0 Å². The van der Waals surface area contributed by atoms with Crippen molar-refractivity contribution in [2.45, 2.75) is 12.5 Å². The first-order valence-corrected chi connectivity index (χ1v) is 11.8. The SMILES string of the molecule is COc1c(F)cccc1Nc1c(-c2ccncc2OC[C@@H]2CN(C(=O)O)CCO2)[nH]c2c1C(=O)NCC2. The monoisotopic (exact) mass is 511 g/mol. The number of nitrogens with zero attached hydrogens (tertiary/aromatic N) is 2. The molecule has 2 aliphatic heterocycles. The molecule has 0 aliphatic carbocycles. The Morgan fingerprint density at radius 1 is 1.38 bits per heavy atom. The van der Waals surface area contributed by atoms with Gasteiger partial charge in [-0.15, -0.1) is 0 Å². The van der Waals surface area contributed by atoms with Gasteiger partial charge in [-0.25, -0.2) is 9.18 Å². The maximum Gasteiger partial charge on any atom is 0.407 e. The van der Waals surface area contributed by atoms with E-state index >= 15 is 0 Å². The van der Waals surface area contributed by atoms with Crippen LogP contribution in [0.2, 0.25) is 0 Å². The Morgan fingerprint density at radius 3 is 3.05 bits per heavy atom. The van der Waals surface area contributed by atoms with E-state index in [2.05, 4.69) is 20.6 Å². The second-order valence-electron chi connectivity index (χ2n) is 8.58. The number of pyridine rings is 1. The smallest absolute Gasteiger partial charge is 0.407 e. The maximum absolute atomic E-state index is 14.4. The van der Waals surface area contributed by atoms with Crippen LogP contribution in [0.3, 0.4) is 0 Å². The number of para-hydroxylation sites is 1. The van der Waals surface area contributed by atoms with Crippen LogP contribution in [0.4, 0.5) is 20.6 Å². The quantitative estimate of drug-likeness (QED) is 0.380. The van der Waals surface area contributed by atoms with Crippen molar-refractivity contribution in [3.8, 4) is 22.8 Å². The summed E-state index contributed by atoms with van der Waals surface area (Å²) in [6, 6.07) is 6.23. The Hall–Kier alpha value is -4.32. The number of amides is 2. The van der Waals surface area contributed by atoms with Crippen LogP contribution in [-0.2, 0) is 11.2 Å². The zero-order valence-corrected chi connectivity index (χ0v) is 20.0. The number of benzene rings is 1. The van der Waals surface area contributed by atoms with Crippen LogP contribution in [-0.4, -0.2) is 78.0 Å². The molecule has 2 aromatic heterocycles. The lowest BCUT2D eigenvalue weighted by Gasteiger charge is -2.30. The van der Waals surface area contributed by atoms with Crippen molar-refractivity contribution >= 4 is 23.4 Å². The number of methoxy groups -OCH3 is 1. The molecule has 4 heterocycles. The number of carbonyl (C=O) groups is 2. The van der Waals surface area contributed by atoms with Crippen LogP contribution in [0, 0.1) is 5.82 Å². The van der Waals surface area contributed by atoms with Crippen molar-refractivity contribution in [3.63, 3.8) is 0 Å². The molecule has 0 unspecified atom stereocenters. The third-order valence-corrected chi connectivity index (χ3v) is 6.28. The van der Waals surface area contributed by atoms with E-state index in [-0.39, 0.29) is 31.4 Å². The minimum absolute atomic E-state index is 0.0169. The van der Waals surface area contributed by atoms with Gasteiger partial charge < -0.3 is 39.8 Å². The molecule has 0 bridgehead atoms. The standard InChI is InChI=1S/C25H26FN5O6/c1-35-23-16(26)3-2-4-18(23)30-22-20-17(6-8-28-24(20)32)29-21(22)15-5-7-27-11-19(15)37-13-14-12-31(25(33)34)9-10-36-14/h2-5,7,11,14,29-30H,6,8-10,12-13H2,1H3,(H,28,32)(H,33,34)/t14-/m0/s1. The molecule has 12 heteroatoms. The van der Waals surface area contributed by atoms with E-state index in [4.69, 9.17) is 14.2 Å². The third kappa shape index (κ3) is 4.87. The Balaban J connectivity index is 1.50. The Kier molecular flexibility index (Phi) is 6.82. The first-order chi connectivity index (χ1) is 18.0. The largest absolute Gasteiger partial charge is 0.492 e. The van der Waals surface area contributed by atoms with E-state index in [1.165, 1.54) is 18.1 Å². The average Bonchev–Trinajstić information content (AvgIpc) is 3.27. The molecule has 11 nitrogen and oxygen atoms in total. The fourth-order valence-corrected chi connectivity index (χ4v) is 4.53. The fourth-order valence-electron chi connectivity index (χ4n) is 4.53. The zero-order chi connectivity index (χ0) is 25.9. The molecule has 2 aliphatic rings. The van der Waals surface area contributed by atoms with Gasteiger partial charge in [0.2, 0.25) is 0 Å². The molecule has 3 aromatic rings. The first kappa shape index (κ1) is 24.4. The molecule has 5 rings (SSSR count). The second-order valence-corrected chi connectivity index (χ2v) is 8.58. The fraction of sp³-hybridized carbons (Fsp3) is 0.320. The normalized spacial score (nSPS) is 17.1. The van der Waals surface area contributed by atoms with Crippen LogP contribution in [0.15, 0.2) is 36.7 Å². The summed E-state index contributed by atoms with van der Waals surface area (Å²) in [5, 5.41) is 15.3. The Morgan fingerprint density at radius 2 is 2.24 bits per heavy atom. The number of ether oxygens (including phenoxy) is 3. The topological polar surface area (TPSA) is 138 Å². The van der Waals surface area contributed by atoms with Crippen LogP contribution < -0.4 is 20.1 Å². The van der Waals surface area contributed by atoms with Gasteiger partial charge in [0, 0.05) is 37.0 Å². The van der Waals surface area contributed by atoms with Gasteiger partial charge in [0.1, 0.15) is 18.5 Å². The molecule has 1 aromatic carbocycles. The molecule has 0 radical (unpaired) electrons. The number of aromatic amines is 1. The molecule has 37 heavy (non-hydrogen) atoms. The average molecular weight is 512 g/mol. The molecule has 4 N–H and O–H groups in total. The van der Waals surface area contributed by atoms with Crippen LogP contribution >= 0.6 is 0 Å². The highest BCUT2D eigenvalue weighted by atomic mass is 19.1. The highest BCUT2D eigenvalue weighted by Crippen LogP contribution is 2.42. The van der Waals surface area contributed by atoms with Gasteiger partial charge in [0.15, 0.2) is 11.6 Å². The van der Waals surface area contributed by atoms with E-state index in [1.54, 1.807) is 30.6 Å². The lowest BCUT2D eigenvalue weighted by atomic mass is 10.0. The van der Waals surface area contributed by atoms with Gasteiger partial charge in [0.05, 0.1) is 49.1 Å². The van der Waals surface area contributed by atoms with Gasteiger partial charge in [-0.2, -0.15) is 0 Å². The highest BCUT2D eigenvalue weighted by molar-refractivity contribution is 6.06.